The highest BCUT2D eigenvalue weighted by molar-refractivity contribution is 9.10. The topological polar surface area (TPSA) is 49.8 Å². The third kappa shape index (κ3) is 4.50. The Hall–Kier alpha value is -1.92. The summed E-state index contributed by atoms with van der Waals surface area (Å²) in [5.74, 6) is -0.497. The van der Waals surface area contributed by atoms with Crippen LogP contribution in [0.15, 0.2) is 46.9 Å². The number of aliphatic carboxylic acids is 1. The van der Waals surface area contributed by atoms with Crippen LogP contribution in [0.1, 0.15) is 43.4 Å². The first-order valence-electron chi connectivity index (χ1n) is 9.17. The van der Waals surface area contributed by atoms with Crippen LogP contribution in [0, 0.1) is 5.82 Å². The van der Waals surface area contributed by atoms with E-state index in [9.17, 15) is 14.3 Å². The van der Waals surface area contributed by atoms with Crippen molar-refractivity contribution in [1.29, 1.82) is 0 Å². The van der Waals surface area contributed by atoms with E-state index in [1.807, 2.05) is 36.1 Å². The summed E-state index contributed by atoms with van der Waals surface area (Å²) in [7, 11) is 0. The van der Waals surface area contributed by atoms with Crippen LogP contribution in [0.2, 0.25) is 0 Å². The highest BCUT2D eigenvalue weighted by Gasteiger charge is 2.36. The minimum atomic E-state index is -0.843. The van der Waals surface area contributed by atoms with Crippen molar-refractivity contribution in [3.05, 3.63) is 63.9 Å². The maximum atomic E-state index is 14.0. The molecule has 6 heteroatoms. The molecule has 27 heavy (non-hydrogen) atoms. The molecule has 0 amide bonds. The highest BCUT2D eigenvalue weighted by Crippen LogP contribution is 2.40. The number of ether oxygens (including phenoxy) is 1. The van der Waals surface area contributed by atoms with Gasteiger partial charge in [0.05, 0.1) is 12.6 Å². The van der Waals surface area contributed by atoms with E-state index in [0.29, 0.717) is 25.3 Å². The quantitative estimate of drug-likeness (QED) is 0.692. The van der Waals surface area contributed by atoms with Crippen LogP contribution in [-0.2, 0) is 4.79 Å². The van der Waals surface area contributed by atoms with Crippen molar-refractivity contribution in [3.63, 3.8) is 0 Å². The Morgan fingerprint density at radius 2 is 2.15 bits per heavy atom. The largest absolute Gasteiger partial charge is 0.494 e. The number of rotatable bonds is 6. The maximum Gasteiger partial charge on any atom is 0.320 e. The van der Waals surface area contributed by atoms with Crippen molar-refractivity contribution in [3.8, 4) is 5.75 Å². The first-order valence-corrected chi connectivity index (χ1v) is 9.96. The summed E-state index contributed by atoms with van der Waals surface area (Å²) < 4.78 is 20.7. The lowest BCUT2D eigenvalue weighted by molar-refractivity contribution is -0.145. The first-order chi connectivity index (χ1) is 13.0. The van der Waals surface area contributed by atoms with Gasteiger partial charge in [-0.25, -0.2) is 4.39 Å². The van der Waals surface area contributed by atoms with Crippen LogP contribution in [0.4, 0.5) is 4.39 Å². The Labute approximate surface area is 167 Å². The van der Waals surface area contributed by atoms with Gasteiger partial charge in [0.25, 0.3) is 0 Å². The fourth-order valence-electron chi connectivity index (χ4n) is 3.77. The van der Waals surface area contributed by atoms with Gasteiger partial charge >= 0.3 is 5.97 Å². The summed E-state index contributed by atoms with van der Waals surface area (Å²) in [4.78, 5) is 13.9. The van der Waals surface area contributed by atoms with Crippen LogP contribution in [0.25, 0.3) is 0 Å². The summed E-state index contributed by atoms with van der Waals surface area (Å²) in [5, 5.41) is 9.78. The van der Waals surface area contributed by atoms with Gasteiger partial charge in [0.1, 0.15) is 17.6 Å². The molecule has 1 fully saturated rings. The number of carboxylic acid groups (broad SMARTS) is 1. The second-order valence-corrected chi connectivity index (χ2v) is 7.58. The van der Waals surface area contributed by atoms with Gasteiger partial charge in [0.2, 0.25) is 0 Å². The Kier molecular flexibility index (Phi) is 6.50. The van der Waals surface area contributed by atoms with Crippen molar-refractivity contribution in [2.24, 2.45) is 0 Å². The predicted octanol–water partition coefficient (Wildman–Crippen LogP) is 5.02. The summed E-state index contributed by atoms with van der Waals surface area (Å²) in [6.45, 7) is 3.03. The molecule has 1 heterocycles. The molecule has 1 aliphatic heterocycles. The minimum absolute atomic E-state index is 0.339. The number of benzene rings is 2. The van der Waals surface area contributed by atoms with E-state index in [0.717, 1.165) is 28.4 Å². The minimum Gasteiger partial charge on any atom is -0.494 e. The highest BCUT2D eigenvalue weighted by atomic mass is 79.9. The lowest BCUT2D eigenvalue weighted by Gasteiger charge is -2.40. The number of carboxylic acids is 1. The number of hydrogen-bond donors (Lipinski definition) is 1. The molecule has 3 rings (SSSR count). The van der Waals surface area contributed by atoms with Gasteiger partial charge in [0, 0.05) is 10.0 Å². The monoisotopic (exact) mass is 435 g/mol. The number of carbonyl (C=O) groups is 1. The van der Waals surface area contributed by atoms with Crippen molar-refractivity contribution < 1.29 is 19.0 Å². The molecule has 0 saturated carbocycles. The normalized spacial score (nSPS) is 18.9. The van der Waals surface area contributed by atoms with E-state index in [-0.39, 0.29) is 5.82 Å². The molecule has 0 radical (unpaired) electrons. The van der Waals surface area contributed by atoms with Gasteiger partial charge in [-0.1, -0.05) is 34.5 Å². The standard InChI is InChI=1S/C21H23BrFNO3/c1-2-27-19-10-9-15(22)13-17(19)20(14-6-5-7-16(23)12-14)24-11-4-3-8-18(24)21(25)26/h5-7,9-10,12-13,18,20H,2-4,8,11H2,1H3,(H,25,26). The fraction of sp³-hybridized carbons (Fsp3) is 0.381. The SMILES string of the molecule is CCOc1ccc(Br)cc1C(c1cccc(F)c1)N1CCCCC1C(=O)O. The maximum absolute atomic E-state index is 14.0. The van der Waals surface area contributed by atoms with Crippen molar-refractivity contribution in [2.75, 3.05) is 13.2 Å². The Bertz CT molecular complexity index is 814. The molecule has 1 N–H and O–H groups in total. The Balaban J connectivity index is 2.16. The summed E-state index contributed by atoms with van der Waals surface area (Å²) in [6, 6.07) is 11.1. The average Bonchev–Trinajstić information content (AvgIpc) is 2.64. The molecular formula is C21H23BrFNO3. The van der Waals surface area contributed by atoms with Gasteiger partial charge in [0.15, 0.2) is 0 Å². The number of nitrogens with zero attached hydrogens (tertiary/aromatic N) is 1. The van der Waals surface area contributed by atoms with E-state index >= 15 is 0 Å². The van der Waals surface area contributed by atoms with Crippen molar-refractivity contribution >= 4 is 21.9 Å². The van der Waals surface area contributed by atoms with Crippen LogP contribution in [-0.4, -0.2) is 35.2 Å². The van der Waals surface area contributed by atoms with Crippen LogP contribution >= 0.6 is 15.9 Å². The predicted molar refractivity (Wildman–Crippen MR) is 106 cm³/mol. The van der Waals surface area contributed by atoms with E-state index in [4.69, 9.17) is 4.74 Å². The molecule has 1 aliphatic rings. The third-order valence-corrected chi connectivity index (χ3v) is 5.38. The molecule has 1 saturated heterocycles. The Morgan fingerprint density at radius 1 is 1.33 bits per heavy atom. The van der Waals surface area contributed by atoms with E-state index < -0.39 is 18.1 Å². The van der Waals surface area contributed by atoms with Gasteiger partial charge in [-0.3, -0.25) is 9.69 Å². The number of halogens is 2. The van der Waals surface area contributed by atoms with Crippen LogP contribution < -0.4 is 4.74 Å². The number of hydrogen-bond acceptors (Lipinski definition) is 3. The van der Waals surface area contributed by atoms with Gasteiger partial charge in [-0.15, -0.1) is 0 Å². The van der Waals surface area contributed by atoms with E-state index in [2.05, 4.69) is 15.9 Å². The first kappa shape index (κ1) is 19.8. The lowest BCUT2D eigenvalue weighted by atomic mass is 9.91. The van der Waals surface area contributed by atoms with Crippen LogP contribution in [0.5, 0.6) is 5.75 Å². The second-order valence-electron chi connectivity index (χ2n) is 6.66. The molecule has 0 bridgehead atoms. The lowest BCUT2D eigenvalue weighted by Crippen LogP contribution is -2.47. The van der Waals surface area contributed by atoms with E-state index in [1.54, 1.807) is 6.07 Å². The number of piperidine rings is 1. The number of likely N-dealkylation sites (tertiary alicyclic amines) is 1. The summed E-state index contributed by atoms with van der Waals surface area (Å²) in [6.07, 6.45) is 2.37. The van der Waals surface area contributed by atoms with Gasteiger partial charge < -0.3 is 9.84 Å². The summed E-state index contributed by atoms with van der Waals surface area (Å²) in [5.41, 5.74) is 1.56. The molecule has 2 aromatic carbocycles. The fourth-order valence-corrected chi connectivity index (χ4v) is 4.15. The molecule has 2 unspecified atom stereocenters. The Morgan fingerprint density at radius 3 is 2.85 bits per heavy atom. The molecule has 2 aromatic rings. The molecule has 0 aliphatic carbocycles. The second kappa shape index (κ2) is 8.85. The van der Waals surface area contributed by atoms with Crippen LogP contribution in [0.3, 0.4) is 0 Å². The third-order valence-electron chi connectivity index (χ3n) is 4.89. The van der Waals surface area contributed by atoms with Crippen molar-refractivity contribution in [2.45, 2.75) is 38.3 Å². The van der Waals surface area contributed by atoms with E-state index in [1.165, 1.54) is 12.1 Å². The average molecular weight is 436 g/mol. The zero-order valence-corrected chi connectivity index (χ0v) is 16.8. The molecule has 0 aromatic heterocycles. The summed E-state index contributed by atoms with van der Waals surface area (Å²) >= 11 is 3.51. The zero-order valence-electron chi connectivity index (χ0n) is 15.2. The van der Waals surface area contributed by atoms with Crippen molar-refractivity contribution in [1.82, 2.24) is 4.90 Å². The smallest absolute Gasteiger partial charge is 0.320 e. The zero-order chi connectivity index (χ0) is 19.4. The molecule has 2 atom stereocenters. The molecule has 0 spiro atoms. The van der Waals surface area contributed by atoms with Gasteiger partial charge in [-0.2, -0.15) is 0 Å². The molecule has 4 nitrogen and oxygen atoms in total. The molecule has 144 valence electrons. The molecular weight excluding hydrogens is 413 g/mol. The van der Waals surface area contributed by atoms with Gasteiger partial charge in [-0.05, 0) is 62.2 Å².